The van der Waals surface area contributed by atoms with Crippen LogP contribution in [0.2, 0.25) is 5.02 Å². The number of anilines is 1. The van der Waals surface area contributed by atoms with E-state index in [9.17, 15) is 4.79 Å². The molecular weight excluding hydrogens is 354 g/mol. The monoisotopic (exact) mass is 367 g/mol. The van der Waals surface area contributed by atoms with Crippen molar-refractivity contribution in [3.05, 3.63) is 57.2 Å². The Hall–Kier alpha value is -1.59. The van der Waals surface area contributed by atoms with E-state index in [0.717, 1.165) is 5.56 Å². The van der Waals surface area contributed by atoms with E-state index in [4.69, 9.17) is 17.3 Å². The molecule has 1 atom stereocenters. The molecule has 1 heterocycles. The number of hydrogen-bond acceptors (Lipinski definition) is 3. The van der Waals surface area contributed by atoms with Gasteiger partial charge in [-0.15, -0.1) is 0 Å². The van der Waals surface area contributed by atoms with Crippen LogP contribution in [0, 0.1) is 0 Å². The molecule has 1 unspecified atom stereocenters. The molecule has 21 heavy (non-hydrogen) atoms. The highest BCUT2D eigenvalue weighted by molar-refractivity contribution is 9.10. The first-order valence-electron chi connectivity index (χ1n) is 6.34. The first-order chi connectivity index (χ1) is 9.90. The quantitative estimate of drug-likeness (QED) is 0.893. The van der Waals surface area contributed by atoms with Crippen LogP contribution in [0.3, 0.4) is 0 Å². The number of nitrogens with zero attached hydrogens (tertiary/aromatic N) is 2. The van der Waals surface area contributed by atoms with Gasteiger partial charge in [-0.1, -0.05) is 23.7 Å². The standard InChI is InChI=1S/C15H15BrClN3O/c1-9(10-3-5-12(17)6-4-10)20(2)15(21)13-7-11(16)8-19-14(13)18/h3-9H,1-2H3,(H2,18,19). The molecule has 2 rings (SSSR count). The number of nitrogen functional groups attached to an aromatic ring is 1. The number of carbonyl (C=O) groups excluding carboxylic acids is 1. The first-order valence-corrected chi connectivity index (χ1v) is 7.51. The maximum Gasteiger partial charge on any atom is 0.257 e. The van der Waals surface area contributed by atoms with E-state index in [-0.39, 0.29) is 17.8 Å². The Labute approximate surface area is 137 Å². The smallest absolute Gasteiger partial charge is 0.257 e. The number of carbonyl (C=O) groups is 1. The molecule has 0 bridgehead atoms. The summed E-state index contributed by atoms with van der Waals surface area (Å²) in [6.45, 7) is 1.95. The van der Waals surface area contributed by atoms with Crippen molar-refractivity contribution in [2.45, 2.75) is 13.0 Å². The van der Waals surface area contributed by atoms with Crippen LogP contribution in [0.25, 0.3) is 0 Å². The number of aromatic nitrogens is 1. The van der Waals surface area contributed by atoms with Crippen molar-refractivity contribution in [3.8, 4) is 0 Å². The SMILES string of the molecule is CC(c1ccc(Cl)cc1)N(C)C(=O)c1cc(Br)cnc1N. The molecule has 0 fully saturated rings. The summed E-state index contributed by atoms with van der Waals surface area (Å²) in [6.07, 6.45) is 1.56. The third-order valence-corrected chi connectivity index (χ3v) is 4.05. The summed E-state index contributed by atoms with van der Waals surface area (Å²) in [6, 6.07) is 8.99. The fourth-order valence-electron chi connectivity index (χ4n) is 1.95. The van der Waals surface area contributed by atoms with Crippen LogP contribution in [0.5, 0.6) is 0 Å². The minimum Gasteiger partial charge on any atom is -0.383 e. The molecule has 4 nitrogen and oxygen atoms in total. The van der Waals surface area contributed by atoms with Gasteiger partial charge < -0.3 is 10.6 Å². The lowest BCUT2D eigenvalue weighted by Crippen LogP contribution is -2.30. The summed E-state index contributed by atoms with van der Waals surface area (Å²) in [5.41, 5.74) is 7.17. The molecular formula is C15H15BrClN3O. The number of amides is 1. The van der Waals surface area contributed by atoms with Gasteiger partial charge in [-0.3, -0.25) is 4.79 Å². The highest BCUT2D eigenvalue weighted by Crippen LogP contribution is 2.24. The van der Waals surface area contributed by atoms with Crippen molar-refractivity contribution in [2.75, 3.05) is 12.8 Å². The van der Waals surface area contributed by atoms with E-state index >= 15 is 0 Å². The summed E-state index contributed by atoms with van der Waals surface area (Å²) in [5, 5.41) is 0.667. The number of pyridine rings is 1. The van der Waals surface area contributed by atoms with Crippen LogP contribution >= 0.6 is 27.5 Å². The minimum atomic E-state index is -0.177. The van der Waals surface area contributed by atoms with E-state index in [1.54, 1.807) is 36.3 Å². The van der Waals surface area contributed by atoms with Crippen LogP contribution in [-0.2, 0) is 0 Å². The van der Waals surface area contributed by atoms with Crippen molar-refractivity contribution in [1.82, 2.24) is 9.88 Å². The molecule has 0 saturated heterocycles. The van der Waals surface area contributed by atoms with Crippen molar-refractivity contribution in [2.24, 2.45) is 0 Å². The van der Waals surface area contributed by atoms with E-state index in [2.05, 4.69) is 20.9 Å². The third-order valence-electron chi connectivity index (χ3n) is 3.37. The van der Waals surface area contributed by atoms with Crippen LogP contribution < -0.4 is 5.73 Å². The molecule has 6 heteroatoms. The second-order valence-corrected chi connectivity index (χ2v) is 6.08. The van der Waals surface area contributed by atoms with Crippen molar-refractivity contribution < 1.29 is 4.79 Å². The van der Waals surface area contributed by atoms with E-state index in [1.807, 2.05) is 19.1 Å². The van der Waals surface area contributed by atoms with Gasteiger partial charge in [-0.05, 0) is 46.6 Å². The number of rotatable bonds is 3. The zero-order chi connectivity index (χ0) is 15.6. The minimum absolute atomic E-state index is 0.104. The highest BCUT2D eigenvalue weighted by Gasteiger charge is 2.21. The zero-order valence-electron chi connectivity index (χ0n) is 11.7. The van der Waals surface area contributed by atoms with Gasteiger partial charge in [0.05, 0.1) is 11.6 Å². The molecule has 0 aliphatic heterocycles. The molecule has 0 radical (unpaired) electrons. The van der Waals surface area contributed by atoms with E-state index in [0.29, 0.717) is 15.1 Å². The van der Waals surface area contributed by atoms with Crippen LogP contribution in [0.1, 0.15) is 28.9 Å². The summed E-state index contributed by atoms with van der Waals surface area (Å²) < 4.78 is 0.715. The molecule has 0 spiro atoms. The second-order valence-electron chi connectivity index (χ2n) is 4.73. The Bertz CT molecular complexity index is 660. The molecule has 1 amide bonds. The summed E-state index contributed by atoms with van der Waals surface area (Å²) in [5.74, 6) is 0.0436. The Kier molecular flexibility index (Phi) is 4.85. The van der Waals surface area contributed by atoms with Gasteiger partial charge in [0, 0.05) is 22.7 Å². The molecule has 2 aromatic rings. The van der Waals surface area contributed by atoms with E-state index < -0.39 is 0 Å². The summed E-state index contributed by atoms with van der Waals surface area (Å²) in [4.78, 5) is 18.2. The Morgan fingerprint density at radius 1 is 1.38 bits per heavy atom. The lowest BCUT2D eigenvalue weighted by molar-refractivity contribution is 0.0743. The van der Waals surface area contributed by atoms with Gasteiger partial charge in [0.25, 0.3) is 5.91 Å². The van der Waals surface area contributed by atoms with Gasteiger partial charge in [0.2, 0.25) is 0 Å². The van der Waals surface area contributed by atoms with Gasteiger partial charge >= 0.3 is 0 Å². The average Bonchev–Trinajstić information content (AvgIpc) is 2.48. The topological polar surface area (TPSA) is 59.2 Å². The predicted octanol–water partition coefficient (Wildman–Crippen LogP) is 3.91. The zero-order valence-corrected chi connectivity index (χ0v) is 14.0. The van der Waals surface area contributed by atoms with E-state index in [1.165, 1.54) is 0 Å². The van der Waals surface area contributed by atoms with Gasteiger partial charge in [0.15, 0.2) is 0 Å². The Morgan fingerprint density at radius 3 is 2.62 bits per heavy atom. The number of benzene rings is 1. The van der Waals surface area contributed by atoms with Gasteiger partial charge in [-0.25, -0.2) is 4.98 Å². The average molecular weight is 369 g/mol. The summed E-state index contributed by atoms with van der Waals surface area (Å²) >= 11 is 9.18. The lowest BCUT2D eigenvalue weighted by atomic mass is 10.1. The normalized spacial score (nSPS) is 12.0. The van der Waals surface area contributed by atoms with Crippen molar-refractivity contribution in [1.29, 1.82) is 0 Å². The molecule has 0 aliphatic carbocycles. The van der Waals surface area contributed by atoms with Crippen LogP contribution in [0.15, 0.2) is 41.0 Å². The Balaban J connectivity index is 2.26. The highest BCUT2D eigenvalue weighted by atomic mass is 79.9. The molecule has 0 saturated carbocycles. The molecule has 0 aliphatic rings. The fraction of sp³-hybridized carbons (Fsp3) is 0.200. The second kappa shape index (κ2) is 6.45. The molecule has 110 valence electrons. The first kappa shape index (κ1) is 15.8. The largest absolute Gasteiger partial charge is 0.383 e. The maximum atomic E-state index is 12.6. The van der Waals surface area contributed by atoms with Crippen molar-refractivity contribution in [3.63, 3.8) is 0 Å². The van der Waals surface area contributed by atoms with Gasteiger partial charge in [0.1, 0.15) is 5.82 Å². The fourth-order valence-corrected chi connectivity index (χ4v) is 2.41. The van der Waals surface area contributed by atoms with Crippen LogP contribution in [0.4, 0.5) is 5.82 Å². The van der Waals surface area contributed by atoms with Crippen molar-refractivity contribution >= 4 is 39.3 Å². The molecule has 1 aromatic heterocycles. The number of nitrogens with two attached hydrogens (primary N) is 1. The summed E-state index contributed by atoms with van der Waals surface area (Å²) in [7, 11) is 1.74. The van der Waals surface area contributed by atoms with Gasteiger partial charge in [-0.2, -0.15) is 0 Å². The Morgan fingerprint density at radius 2 is 2.00 bits per heavy atom. The maximum absolute atomic E-state index is 12.6. The molecule has 1 aromatic carbocycles. The predicted molar refractivity (Wildman–Crippen MR) is 88.3 cm³/mol. The lowest BCUT2D eigenvalue weighted by Gasteiger charge is -2.26. The molecule has 2 N–H and O–H groups in total. The van der Waals surface area contributed by atoms with Crippen LogP contribution in [-0.4, -0.2) is 22.8 Å². The third kappa shape index (κ3) is 3.54. The number of halogens is 2. The number of hydrogen-bond donors (Lipinski definition) is 1.